The van der Waals surface area contributed by atoms with Gasteiger partial charge in [-0.15, -0.1) is 0 Å². The van der Waals surface area contributed by atoms with Crippen LogP contribution in [0.1, 0.15) is 48.0 Å². The van der Waals surface area contributed by atoms with Gasteiger partial charge in [-0.1, -0.05) is 0 Å². The quantitative estimate of drug-likeness (QED) is 0.817. The van der Waals surface area contributed by atoms with Crippen LogP contribution in [0.25, 0.3) is 0 Å². The Morgan fingerprint density at radius 1 is 1.16 bits per heavy atom. The molecule has 0 radical (unpaired) electrons. The van der Waals surface area contributed by atoms with Crippen molar-refractivity contribution in [3.8, 4) is 0 Å². The first-order chi connectivity index (χ1) is 8.40. The minimum absolute atomic E-state index is 0.0359. The van der Waals surface area contributed by atoms with Crippen molar-refractivity contribution in [2.75, 3.05) is 6.61 Å². The Hall–Kier alpha value is -1.30. The number of carbonyl (C=O) groups excluding carboxylic acids is 1. The van der Waals surface area contributed by atoms with Crippen LogP contribution in [0, 0.1) is 0 Å². The fraction of sp³-hybridized carbons (Fsp3) is 0.846. The van der Waals surface area contributed by atoms with Crippen molar-refractivity contribution in [1.82, 2.24) is 4.90 Å². The molecule has 0 saturated carbocycles. The van der Waals surface area contributed by atoms with Crippen molar-refractivity contribution in [3.63, 3.8) is 0 Å². The molecule has 0 aliphatic carbocycles. The van der Waals surface area contributed by atoms with E-state index in [2.05, 4.69) is 0 Å². The number of carboxylic acid groups (broad SMARTS) is 1. The van der Waals surface area contributed by atoms with Crippen LogP contribution in [0.2, 0.25) is 0 Å². The second kappa shape index (κ2) is 6.23. The van der Waals surface area contributed by atoms with E-state index in [4.69, 9.17) is 9.84 Å². The second-order valence-corrected chi connectivity index (χ2v) is 6.39. The number of aliphatic hydroxyl groups excluding tert-OH is 1. The van der Waals surface area contributed by atoms with E-state index in [1.54, 1.807) is 41.5 Å². The van der Waals surface area contributed by atoms with Crippen LogP contribution >= 0.6 is 0 Å². The summed E-state index contributed by atoms with van der Waals surface area (Å²) in [5.74, 6) is -1.16. The molecule has 0 rings (SSSR count). The lowest BCUT2D eigenvalue weighted by atomic mass is 10.0. The standard InChI is InChI=1S/C13H25NO5/c1-12(2,3)14(9(7-8-15)10(16)17)11(18)19-13(4,5)6/h9,15H,7-8H2,1-6H3,(H,16,17)/t9-/m0/s1. The SMILES string of the molecule is CC(C)(C)OC(=O)N([C@@H](CCO)C(=O)O)C(C)(C)C. The van der Waals surface area contributed by atoms with E-state index in [9.17, 15) is 14.7 Å². The molecule has 0 spiro atoms. The molecule has 6 heteroatoms. The zero-order chi connectivity index (χ0) is 15.4. The zero-order valence-corrected chi connectivity index (χ0v) is 12.6. The van der Waals surface area contributed by atoms with Crippen molar-refractivity contribution < 1.29 is 24.5 Å². The maximum Gasteiger partial charge on any atom is 0.411 e. The van der Waals surface area contributed by atoms with Crippen LogP contribution in [0.3, 0.4) is 0 Å². The van der Waals surface area contributed by atoms with E-state index in [1.807, 2.05) is 0 Å². The summed E-state index contributed by atoms with van der Waals surface area (Å²) < 4.78 is 5.25. The zero-order valence-electron chi connectivity index (χ0n) is 12.6. The van der Waals surface area contributed by atoms with Gasteiger partial charge in [0.15, 0.2) is 0 Å². The lowest BCUT2D eigenvalue weighted by molar-refractivity contribution is -0.146. The van der Waals surface area contributed by atoms with E-state index >= 15 is 0 Å². The predicted octanol–water partition coefficient (Wildman–Crippen LogP) is 1.86. The molecule has 1 amide bonds. The molecule has 0 bridgehead atoms. The van der Waals surface area contributed by atoms with Crippen LogP contribution in [0.4, 0.5) is 4.79 Å². The molecule has 0 fully saturated rings. The number of amides is 1. The Morgan fingerprint density at radius 3 is 1.89 bits per heavy atom. The Balaban J connectivity index is 5.32. The van der Waals surface area contributed by atoms with E-state index in [-0.39, 0.29) is 13.0 Å². The summed E-state index contributed by atoms with van der Waals surface area (Å²) in [6.07, 6.45) is -0.730. The smallest absolute Gasteiger partial charge is 0.411 e. The molecule has 112 valence electrons. The first kappa shape index (κ1) is 17.7. The number of nitrogens with zero attached hydrogens (tertiary/aromatic N) is 1. The maximum absolute atomic E-state index is 12.2. The molecule has 0 aromatic rings. The van der Waals surface area contributed by atoms with Crippen LogP contribution in [0.5, 0.6) is 0 Å². The van der Waals surface area contributed by atoms with Crippen LogP contribution < -0.4 is 0 Å². The lowest BCUT2D eigenvalue weighted by Gasteiger charge is -2.40. The van der Waals surface area contributed by atoms with E-state index in [1.165, 1.54) is 0 Å². The Morgan fingerprint density at radius 2 is 1.63 bits per heavy atom. The highest BCUT2D eigenvalue weighted by molar-refractivity contribution is 5.80. The molecule has 6 nitrogen and oxygen atoms in total. The van der Waals surface area contributed by atoms with Gasteiger partial charge in [0, 0.05) is 18.6 Å². The Labute approximate surface area is 114 Å². The fourth-order valence-electron chi connectivity index (χ4n) is 1.67. The van der Waals surface area contributed by atoms with Gasteiger partial charge in [0.05, 0.1) is 0 Å². The number of aliphatic carboxylic acids is 1. The number of ether oxygens (including phenoxy) is 1. The molecule has 0 aliphatic heterocycles. The van der Waals surface area contributed by atoms with Gasteiger partial charge >= 0.3 is 12.1 Å². The third kappa shape index (κ3) is 5.92. The highest BCUT2D eigenvalue weighted by atomic mass is 16.6. The summed E-state index contributed by atoms with van der Waals surface area (Å²) in [4.78, 5) is 24.6. The highest BCUT2D eigenvalue weighted by Gasteiger charge is 2.39. The summed E-state index contributed by atoms with van der Waals surface area (Å²) in [5.41, 5.74) is -1.43. The molecule has 0 aromatic carbocycles. The second-order valence-electron chi connectivity index (χ2n) is 6.39. The molecule has 0 aliphatic rings. The molecule has 0 unspecified atom stereocenters. The van der Waals surface area contributed by atoms with Gasteiger partial charge in [0.25, 0.3) is 0 Å². The molecular formula is C13H25NO5. The van der Waals surface area contributed by atoms with Gasteiger partial charge in [0.2, 0.25) is 0 Å². The monoisotopic (exact) mass is 275 g/mol. The third-order valence-electron chi connectivity index (χ3n) is 2.31. The normalized spacial score (nSPS) is 13.8. The molecular weight excluding hydrogens is 250 g/mol. The van der Waals surface area contributed by atoms with Gasteiger partial charge in [-0.3, -0.25) is 4.90 Å². The Bertz CT molecular complexity index is 327. The fourth-order valence-corrected chi connectivity index (χ4v) is 1.67. The summed E-state index contributed by atoms with van der Waals surface area (Å²) >= 11 is 0. The Kier molecular flexibility index (Phi) is 5.81. The topological polar surface area (TPSA) is 87.1 Å². The number of hydrogen-bond acceptors (Lipinski definition) is 4. The summed E-state index contributed by atoms with van der Waals surface area (Å²) in [6, 6.07) is -1.11. The predicted molar refractivity (Wildman–Crippen MR) is 71.0 cm³/mol. The molecule has 1 atom stereocenters. The van der Waals surface area contributed by atoms with Gasteiger partial charge in [-0.05, 0) is 41.5 Å². The molecule has 2 N–H and O–H groups in total. The summed E-state index contributed by atoms with van der Waals surface area (Å²) in [5, 5.41) is 18.2. The van der Waals surface area contributed by atoms with Crippen LogP contribution in [0.15, 0.2) is 0 Å². The first-order valence-corrected chi connectivity index (χ1v) is 6.26. The van der Waals surface area contributed by atoms with Gasteiger partial charge in [-0.2, -0.15) is 0 Å². The van der Waals surface area contributed by atoms with Crippen LogP contribution in [-0.2, 0) is 9.53 Å². The first-order valence-electron chi connectivity index (χ1n) is 6.26. The number of carboxylic acids is 1. The number of rotatable bonds is 4. The number of hydrogen-bond donors (Lipinski definition) is 2. The lowest BCUT2D eigenvalue weighted by Crippen LogP contribution is -2.56. The van der Waals surface area contributed by atoms with E-state index in [0.717, 1.165) is 4.90 Å². The average molecular weight is 275 g/mol. The van der Waals surface area contributed by atoms with Crippen molar-refractivity contribution in [2.45, 2.75) is 65.1 Å². The highest BCUT2D eigenvalue weighted by Crippen LogP contribution is 2.23. The van der Waals surface area contributed by atoms with E-state index < -0.39 is 29.2 Å². The van der Waals surface area contributed by atoms with Gasteiger partial charge in [-0.25, -0.2) is 9.59 Å². The molecule has 0 heterocycles. The average Bonchev–Trinajstić information content (AvgIpc) is 2.11. The van der Waals surface area contributed by atoms with Crippen LogP contribution in [-0.4, -0.2) is 51.0 Å². The van der Waals surface area contributed by atoms with E-state index in [0.29, 0.717) is 0 Å². The van der Waals surface area contributed by atoms with Crippen molar-refractivity contribution in [3.05, 3.63) is 0 Å². The summed E-state index contributed by atoms with van der Waals surface area (Å²) in [7, 11) is 0. The largest absolute Gasteiger partial charge is 0.480 e. The number of carbonyl (C=O) groups is 2. The minimum Gasteiger partial charge on any atom is -0.480 e. The van der Waals surface area contributed by atoms with Crippen molar-refractivity contribution in [2.24, 2.45) is 0 Å². The molecule has 0 saturated heterocycles. The third-order valence-corrected chi connectivity index (χ3v) is 2.31. The number of aliphatic hydroxyl groups is 1. The van der Waals surface area contributed by atoms with Gasteiger partial charge in [0.1, 0.15) is 11.6 Å². The van der Waals surface area contributed by atoms with Crippen molar-refractivity contribution >= 4 is 12.1 Å². The minimum atomic E-state index is -1.16. The summed E-state index contributed by atoms with van der Waals surface area (Å²) in [6.45, 7) is 10.0. The van der Waals surface area contributed by atoms with Crippen molar-refractivity contribution in [1.29, 1.82) is 0 Å². The molecule has 0 aromatic heterocycles. The van der Waals surface area contributed by atoms with Gasteiger partial charge < -0.3 is 14.9 Å². The molecule has 19 heavy (non-hydrogen) atoms. The maximum atomic E-state index is 12.2.